The normalized spacial score (nSPS) is 17.2. The maximum Gasteiger partial charge on any atom is 0.261 e. The molecule has 5 heteroatoms. The van der Waals surface area contributed by atoms with Gasteiger partial charge in [0.05, 0.1) is 11.7 Å². The average Bonchev–Trinajstić information content (AvgIpc) is 2.15. The van der Waals surface area contributed by atoms with Crippen LogP contribution < -0.4 is 0 Å². The van der Waals surface area contributed by atoms with Gasteiger partial charge in [-0.1, -0.05) is 32.2 Å². The van der Waals surface area contributed by atoms with Crippen molar-refractivity contribution in [2.45, 2.75) is 65.6 Å². The van der Waals surface area contributed by atoms with E-state index in [2.05, 4.69) is 19.9 Å². The van der Waals surface area contributed by atoms with Gasteiger partial charge in [-0.05, 0) is 33.1 Å². The second-order valence-electron chi connectivity index (χ2n) is 5.70. The predicted octanol–water partition coefficient (Wildman–Crippen LogP) is 5.08. The lowest BCUT2D eigenvalue weighted by molar-refractivity contribution is 0.136. The van der Waals surface area contributed by atoms with Crippen LogP contribution in [0.5, 0.6) is 0 Å². The Morgan fingerprint density at radius 2 is 1.94 bits per heavy atom. The summed E-state index contributed by atoms with van der Waals surface area (Å²) >= 11 is 1.35. The van der Waals surface area contributed by atoms with Crippen LogP contribution >= 0.6 is 18.0 Å². The fraction of sp³-hybridized carbons (Fsp3) is 0.923. The van der Waals surface area contributed by atoms with Crippen molar-refractivity contribution in [3.8, 4) is 6.07 Å². The molecule has 0 aliphatic carbocycles. The molecule has 0 aromatic heterocycles. The van der Waals surface area contributed by atoms with Crippen LogP contribution in [0.4, 0.5) is 0 Å². The molecule has 0 saturated heterocycles. The van der Waals surface area contributed by atoms with E-state index >= 15 is 0 Å². The molecule has 0 radical (unpaired) electrons. The Bertz CT molecular complexity index is 331. The van der Waals surface area contributed by atoms with Gasteiger partial charge in [-0.25, -0.2) is 0 Å². The van der Waals surface area contributed by atoms with Crippen LogP contribution in [0.25, 0.3) is 0 Å². The molecule has 0 saturated carbocycles. The molecule has 0 N–H and O–H groups in total. The van der Waals surface area contributed by atoms with Crippen molar-refractivity contribution in [3.63, 3.8) is 0 Å². The molecule has 0 heterocycles. The van der Waals surface area contributed by atoms with Gasteiger partial charge in [-0.3, -0.25) is 4.57 Å². The lowest BCUT2D eigenvalue weighted by atomic mass is 10.1. The van der Waals surface area contributed by atoms with Crippen molar-refractivity contribution in [2.75, 3.05) is 5.75 Å². The van der Waals surface area contributed by atoms with E-state index in [1.165, 1.54) is 11.4 Å². The molecule has 0 fully saturated rings. The number of nitriles is 1. The van der Waals surface area contributed by atoms with E-state index < -0.39 is 12.2 Å². The van der Waals surface area contributed by atoms with Crippen molar-refractivity contribution in [1.82, 2.24) is 0 Å². The first kappa shape index (κ1) is 18.0. The van der Waals surface area contributed by atoms with Crippen LogP contribution in [0.15, 0.2) is 0 Å². The van der Waals surface area contributed by atoms with Gasteiger partial charge in [0, 0.05) is 17.8 Å². The minimum absolute atomic E-state index is 0.0559. The van der Waals surface area contributed by atoms with Gasteiger partial charge in [0.2, 0.25) is 0 Å². The average molecular weight is 291 g/mol. The Morgan fingerprint density at radius 3 is 2.28 bits per heavy atom. The molecule has 3 nitrogen and oxygen atoms in total. The number of hydrogen-bond donors (Lipinski definition) is 0. The topological polar surface area (TPSA) is 50.1 Å². The number of hydrogen-bond acceptors (Lipinski definition) is 4. The fourth-order valence-corrected chi connectivity index (χ4v) is 8.23. The third-order valence-electron chi connectivity index (χ3n) is 2.48. The van der Waals surface area contributed by atoms with Crippen LogP contribution in [-0.2, 0) is 9.09 Å². The van der Waals surface area contributed by atoms with Crippen LogP contribution in [0.1, 0.15) is 54.4 Å². The van der Waals surface area contributed by atoms with Crippen molar-refractivity contribution in [2.24, 2.45) is 5.92 Å². The summed E-state index contributed by atoms with van der Waals surface area (Å²) in [6.45, 7) is 9.22. The zero-order chi connectivity index (χ0) is 14.4. The fourth-order valence-electron chi connectivity index (χ4n) is 1.85. The highest BCUT2D eigenvalue weighted by Crippen LogP contribution is 2.67. The predicted molar refractivity (Wildman–Crippen MR) is 80.0 cm³/mol. The number of nitrogens with zero attached hydrogens (tertiary/aromatic N) is 1. The van der Waals surface area contributed by atoms with Crippen molar-refractivity contribution in [3.05, 3.63) is 0 Å². The zero-order valence-electron chi connectivity index (χ0n) is 12.4. The number of rotatable bonds is 7. The second kappa shape index (κ2) is 7.58. The standard InChI is InChI=1S/C13H26NO2PS/c1-7-12(11(2)3)17(15,16-13(4,5)6)18-10-8-9-14/h11-12H,7-8,10H2,1-6H3. The minimum atomic E-state index is -2.77. The van der Waals surface area contributed by atoms with E-state index in [0.717, 1.165) is 6.42 Å². The SMILES string of the molecule is CCC(C(C)C)P(=O)(OC(C)(C)C)SCCC#N. The molecule has 18 heavy (non-hydrogen) atoms. The minimum Gasteiger partial charge on any atom is -0.315 e. The molecule has 0 aliphatic rings. The highest BCUT2D eigenvalue weighted by atomic mass is 32.7. The summed E-state index contributed by atoms with van der Waals surface area (Å²) in [7, 11) is 0. The highest BCUT2D eigenvalue weighted by molar-refractivity contribution is 8.56. The first-order chi connectivity index (χ1) is 8.16. The molecule has 106 valence electrons. The first-order valence-electron chi connectivity index (χ1n) is 6.48. The van der Waals surface area contributed by atoms with Gasteiger partial charge in [-0.15, -0.1) is 0 Å². The molecule has 0 aromatic carbocycles. The van der Waals surface area contributed by atoms with Gasteiger partial charge in [0.25, 0.3) is 6.57 Å². The molecule has 0 spiro atoms. The maximum atomic E-state index is 13.1. The van der Waals surface area contributed by atoms with Crippen LogP contribution in [0.2, 0.25) is 0 Å². The zero-order valence-corrected chi connectivity index (χ0v) is 14.1. The van der Waals surface area contributed by atoms with E-state index in [9.17, 15) is 4.57 Å². The van der Waals surface area contributed by atoms with Crippen molar-refractivity contribution < 1.29 is 9.09 Å². The van der Waals surface area contributed by atoms with Gasteiger partial charge in [0.15, 0.2) is 0 Å². The smallest absolute Gasteiger partial charge is 0.261 e. The Labute approximate surface area is 116 Å². The molecular formula is C13H26NO2PS. The lowest BCUT2D eigenvalue weighted by Crippen LogP contribution is -2.23. The summed E-state index contributed by atoms with van der Waals surface area (Å²) in [5, 5.41) is 8.61. The molecule has 0 aliphatic heterocycles. The molecule has 2 atom stereocenters. The Kier molecular flexibility index (Phi) is 7.59. The van der Waals surface area contributed by atoms with Crippen LogP contribution in [-0.4, -0.2) is 17.0 Å². The summed E-state index contributed by atoms with van der Waals surface area (Å²) in [6, 6.07) is 2.09. The summed E-state index contributed by atoms with van der Waals surface area (Å²) in [5.74, 6) is 0.894. The largest absolute Gasteiger partial charge is 0.315 e. The Balaban J connectivity index is 5.01. The second-order valence-corrected chi connectivity index (χ2v) is 10.6. The first-order valence-corrected chi connectivity index (χ1v) is 9.76. The van der Waals surface area contributed by atoms with E-state index in [-0.39, 0.29) is 5.66 Å². The van der Waals surface area contributed by atoms with Gasteiger partial charge >= 0.3 is 0 Å². The van der Waals surface area contributed by atoms with E-state index in [4.69, 9.17) is 9.79 Å². The summed E-state index contributed by atoms with van der Waals surface area (Å²) in [4.78, 5) is 0. The third-order valence-corrected chi connectivity index (χ3v) is 8.47. The summed E-state index contributed by atoms with van der Waals surface area (Å²) in [5.41, 5.74) is -0.363. The van der Waals surface area contributed by atoms with E-state index in [1.54, 1.807) is 0 Å². The molecular weight excluding hydrogens is 265 g/mol. The molecule has 2 unspecified atom stereocenters. The van der Waals surface area contributed by atoms with Crippen molar-refractivity contribution >= 4 is 18.0 Å². The Hall–Kier alpha value is 0.0300. The van der Waals surface area contributed by atoms with E-state index in [1.807, 2.05) is 27.7 Å². The monoisotopic (exact) mass is 291 g/mol. The highest BCUT2D eigenvalue weighted by Gasteiger charge is 2.39. The molecule has 0 amide bonds. The van der Waals surface area contributed by atoms with Crippen LogP contribution in [0, 0.1) is 17.2 Å². The Morgan fingerprint density at radius 1 is 1.39 bits per heavy atom. The summed E-state index contributed by atoms with van der Waals surface area (Å²) in [6.07, 6.45) is 1.25. The van der Waals surface area contributed by atoms with Gasteiger partial charge < -0.3 is 4.52 Å². The lowest BCUT2D eigenvalue weighted by Gasteiger charge is -2.33. The molecule has 0 aromatic rings. The van der Waals surface area contributed by atoms with Crippen molar-refractivity contribution in [1.29, 1.82) is 5.26 Å². The van der Waals surface area contributed by atoms with Crippen LogP contribution in [0.3, 0.4) is 0 Å². The summed E-state index contributed by atoms with van der Waals surface area (Å²) < 4.78 is 19.0. The van der Waals surface area contributed by atoms with Gasteiger partial charge in [0.1, 0.15) is 0 Å². The quantitative estimate of drug-likeness (QED) is 0.485. The molecule has 0 bridgehead atoms. The molecule has 0 rings (SSSR count). The maximum absolute atomic E-state index is 13.1. The third kappa shape index (κ3) is 6.27. The van der Waals surface area contributed by atoms with Gasteiger partial charge in [-0.2, -0.15) is 5.26 Å². The van der Waals surface area contributed by atoms with E-state index in [0.29, 0.717) is 18.1 Å².